The van der Waals surface area contributed by atoms with E-state index in [0.717, 1.165) is 11.3 Å². The second-order valence-electron chi connectivity index (χ2n) is 5.02. The smallest absolute Gasteiger partial charge is 0.294 e. The predicted octanol–water partition coefficient (Wildman–Crippen LogP) is 3.34. The molecule has 0 bridgehead atoms. The van der Waals surface area contributed by atoms with Crippen molar-refractivity contribution in [3.63, 3.8) is 0 Å². The van der Waals surface area contributed by atoms with Crippen LogP contribution in [0.2, 0.25) is 0 Å². The van der Waals surface area contributed by atoms with Crippen LogP contribution in [0.3, 0.4) is 0 Å². The molecule has 118 valence electrons. The lowest BCUT2D eigenvalue weighted by Crippen LogP contribution is -2.49. The highest BCUT2D eigenvalue weighted by molar-refractivity contribution is 9.10. The minimum Gasteiger partial charge on any atom is -0.456 e. The number of rotatable bonds is 5. The SMILES string of the molecule is OC(c1cccc(Br)n1)c1nnc(OC2(C(F)F)CCC2)s1. The van der Waals surface area contributed by atoms with Gasteiger partial charge in [-0.3, -0.25) is 0 Å². The average Bonchev–Trinajstić information content (AvgIpc) is 2.90. The Labute approximate surface area is 137 Å². The van der Waals surface area contributed by atoms with Gasteiger partial charge in [0, 0.05) is 0 Å². The highest BCUT2D eigenvalue weighted by atomic mass is 79.9. The van der Waals surface area contributed by atoms with Gasteiger partial charge >= 0.3 is 0 Å². The molecule has 1 saturated carbocycles. The van der Waals surface area contributed by atoms with E-state index in [0.29, 0.717) is 29.6 Å². The number of aliphatic hydroxyl groups excluding tert-OH is 1. The van der Waals surface area contributed by atoms with E-state index < -0.39 is 18.1 Å². The Morgan fingerprint density at radius 2 is 2.09 bits per heavy atom. The number of aliphatic hydroxyl groups is 1. The number of pyridine rings is 1. The summed E-state index contributed by atoms with van der Waals surface area (Å²) in [4.78, 5) is 4.13. The molecule has 3 rings (SSSR count). The molecule has 1 aliphatic carbocycles. The number of nitrogens with zero attached hydrogens (tertiary/aromatic N) is 3. The molecule has 9 heteroatoms. The van der Waals surface area contributed by atoms with Crippen molar-refractivity contribution >= 4 is 27.3 Å². The van der Waals surface area contributed by atoms with Crippen molar-refractivity contribution in [2.24, 2.45) is 0 Å². The van der Waals surface area contributed by atoms with Crippen molar-refractivity contribution in [2.75, 3.05) is 0 Å². The van der Waals surface area contributed by atoms with Crippen LogP contribution in [-0.4, -0.2) is 32.3 Å². The summed E-state index contributed by atoms with van der Waals surface area (Å²) >= 11 is 4.17. The standard InChI is InChI=1S/C13H12BrF2N3O2S/c14-8-4-1-3-7(17-8)9(20)10-18-19-12(22-10)21-13(11(15)16)5-2-6-13/h1,3-4,9,11,20H,2,5-6H2. The number of ether oxygens (including phenoxy) is 1. The Bertz CT molecular complexity index is 666. The molecule has 5 nitrogen and oxygen atoms in total. The Morgan fingerprint density at radius 1 is 1.32 bits per heavy atom. The van der Waals surface area contributed by atoms with E-state index in [4.69, 9.17) is 4.74 Å². The molecule has 0 amide bonds. The molecular weight excluding hydrogens is 380 g/mol. The third-order valence-electron chi connectivity index (χ3n) is 3.56. The van der Waals surface area contributed by atoms with Crippen molar-refractivity contribution in [2.45, 2.75) is 37.4 Å². The third-order valence-corrected chi connectivity index (χ3v) is 4.86. The molecule has 1 unspecified atom stereocenters. The van der Waals surface area contributed by atoms with Crippen LogP contribution < -0.4 is 4.74 Å². The molecule has 1 aliphatic rings. The van der Waals surface area contributed by atoms with E-state index >= 15 is 0 Å². The molecule has 0 aromatic carbocycles. The van der Waals surface area contributed by atoms with Gasteiger partial charge in [-0.05, 0) is 47.3 Å². The van der Waals surface area contributed by atoms with Crippen LogP contribution in [0, 0.1) is 0 Å². The summed E-state index contributed by atoms with van der Waals surface area (Å²) in [5.74, 6) is 0. The molecule has 1 atom stereocenters. The van der Waals surface area contributed by atoms with Crippen molar-refractivity contribution in [1.82, 2.24) is 15.2 Å². The maximum absolute atomic E-state index is 13.1. The second-order valence-corrected chi connectivity index (χ2v) is 6.80. The minimum atomic E-state index is -2.56. The number of hydrogen-bond donors (Lipinski definition) is 1. The number of aromatic nitrogens is 3. The summed E-state index contributed by atoms with van der Waals surface area (Å²) in [7, 11) is 0. The zero-order valence-electron chi connectivity index (χ0n) is 11.2. The molecule has 2 aromatic heterocycles. The van der Waals surface area contributed by atoms with Crippen LogP contribution in [0.15, 0.2) is 22.8 Å². The van der Waals surface area contributed by atoms with Gasteiger partial charge in [-0.2, -0.15) is 0 Å². The second kappa shape index (κ2) is 6.13. The van der Waals surface area contributed by atoms with E-state index in [-0.39, 0.29) is 10.2 Å². The summed E-state index contributed by atoms with van der Waals surface area (Å²) in [5, 5.41) is 18.1. The zero-order chi connectivity index (χ0) is 15.7. The Morgan fingerprint density at radius 3 is 2.68 bits per heavy atom. The van der Waals surface area contributed by atoms with Gasteiger partial charge in [-0.1, -0.05) is 22.5 Å². The molecule has 2 heterocycles. The largest absolute Gasteiger partial charge is 0.456 e. The quantitative estimate of drug-likeness (QED) is 0.791. The van der Waals surface area contributed by atoms with Crippen LogP contribution >= 0.6 is 27.3 Å². The zero-order valence-corrected chi connectivity index (χ0v) is 13.6. The lowest BCUT2D eigenvalue weighted by Gasteiger charge is -2.39. The summed E-state index contributed by atoms with van der Waals surface area (Å²) in [6, 6.07) is 5.10. The lowest BCUT2D eigenvalue weighted by atomic mass is 9.80. The van der Waals surface area contributed by atoms with Crippen molar-refractivity contribution < 1.29 is 18.6 Å². The van der Waals surface area contributed by atoms with Crippen LogP contribution in [0.25, 0.3) is 0 Å². The molecule has 0 aliphatic heterocycles. The van der Waals surface area contributed by atoms with Gasteiger partial charge < -0.3 is 9.84 Å². The van der Waals surface area contributed by atoms with E-state index in [2.05, 4.69) is 31.1 Å². The van der Waals surface area contributed by atoms with Gasteiger partial charge in [0.25, 0.3) is 11.6 Å². The minimum absolute atomic E-state index is 0.0454. The van der Waals surface area contributed by atoms with E-state index in [1.807, 2.05) is 0 Å². The monoisotopic (exact) mass is 391 g/mol. The van der Waals surface area contributed by atoms with Gasteiger partial charge in [0.15, 0.2) is 10.6 Å². The fraction of sp³-hybridized carbons (Fsp3) is 0.462. The first-order valence-electron chi connectivity index (χ1n) is 6.61. The third kappa shape index (κ3) is 2.97. The summed E-state index contributed by atoms with van der Waals surface area (Å²) in [5.41, 5.74) is -1.06. The fourth-order valence-corrected chi connectivity index (χ4v) is 3.28. The summed E-state index contributed by atoms with van der Waals surface area (Å²) in [6.07, 6.45) is -2.33. The van der Waals surface area contributed by atoms with Gasteiger partial charge in [-0.25, -0.2) is 13.8 Å². The van der Waals surface area contributed by atoms with Gasteiger partial charge in [0.1, 0.15) is 10.7 Å². The van der Waals surface area contributed by atoms with Crippen LogP contribution in [-0.2, 0) is 0 Å². The maximum atomic E-state index is 13.1. The normalized spacial score (nSPS) is 18.0. The maximum Gasteiger partial charge on any atom is 0.294 e. The Balaban J connectivity index is 1.76. The number of alkyl halides is 2. The van der Waals surface area contributed by atoms with Crippen molar-refractivity contribution in [1.29, 1.82) is 0 Å². The Hall–Kier alpha value is -1.19. The average molecular weight is 392 g/mol. The highest BCUT2D eigenvalue weighted by Crippen LogP contribution is 2.42. The van der Waals surface area contributed by atoms with Gasteiger partial charge in [0.2, 0.25) is 0 Å². The fourth-order valence-electron chi connectivity index (χ4n) is 2.14. The van der Waals surface area contributed by atoms with E-state index in [1.165, 1.54) is 0 Å². The van der Waals surface area contributed by atoms with Crippen molar-refractivity contribution in [3.05, 3.63) is 33.5 Å². The molecule has 0 saturated heterocycles. The van der Waals surface area contributed by atoms with Crippen molar-refractivity contribution in [3.8, 4) is 5.19 Å². The molecule has 0 radical (unpaired) electrons. The highest BCUT2D eigenvalue weighted by Gasteiger charge is 2.48. The topological polar surface area (TPSA) is 68.1 Å². The lowest BCUT2D eigenvalue weighted by molar-refractivity contribution is -0.124. The number of hydrogen-bond acceptors (Lipinski definition) is 6. The van der Waals surface area contributed by atoms with E-state index in [1.54, 1.807) is 18.2 Å². The van der Waals surface area contributed by atoms with Crippen LogP contribution in [0.5, 0.6) is 5.19 Å². The predicted molar refractivity (Wildman–Crippen MR) is 79.1 cm³/mol. The molecule has 0 spiro atoms. The van der Waals surface area contributed by atoms with Crippen LogP contribution in [0.1, 0.15) is 36.1 Å². The molecule has 1 N–H and O–H groups in total. The molecule has 22 heavy (non-hydrogen) atoms. The first-order valence-corrected chi connectivity index (χ1v) is 8.22. The van der Waals surface area contributed by atoms with Gasteiger partial charge in [0.05, 0.1) is 5.69 Å². The van der Waals surface area contributed by atoms with Gasteiger partial charge in [-0.15, -0.1) is 5.10 Å². The Kier molecular flexibility index (Phi) is 4.37. The first kappa shape index (κ1) is 15.7. The number of halogens is 3. The molecular formula is C13H12BrF2N3O2S. The summed E-state index contributed by atoms with van der Waals surface area (Å²) < 4.78 is 32.0. The molecule has 1 fully saturated rings. The van der Waals surface area contributed by atoms with E-state index in [9.17, 15) is 13.9 Å². The van der Waals surface area contributed by atoms with Crippen LogP contribution in [0.4, 0.5) is 8.78 Å². The first-order chi connectivity index (χ1) is 10.5. The summed E-state index contributed by atoms with van der Waals surface area (Å²) in [6.45, 7) is 0. The molecule has 2 aromatic rings.